The minimum absolute atomic E-state index is 0.921. The van der Waals surface area contributed by atoms with Crippen molar-refractivity contribution in [3.8, 4) is 0 Å². The van der Waals surface area contributed by atoms with E-state index in [1.807, 2.05) is 25.2 Å². The summed E-state index contributed by atoms with van der Waals surface area (Å²) in [5.74, 6) is 1.98. The third kappa shape index (κ3) is 3.96. The molecule has 108 valence electrons. The molecule has 0 aromatic carbocycles. The van der Waals surface area contributed by atoms with Gasteiger partial charge < -0.3 is 14.8 Å². The van der Waals surface area contributed by atoms with Gasteiger partial charge in [-0.1, -0.05) is 32.1 Å². The molecule has 1 aliphatic rings. The normalized spacial score (nSPS) is 16.8. The van der Waals surface area contributed by atoms with Gasteiger partial charge in [0.25, 0.3) is 0 Å². The summed E-state index contributed by atoms with van der Waals surface area (Å²) < 4.78 is 2.16. The number of anilines is 1. The van der Waals surface area contributed by atoms with Crippen molar-refractivity contribution in [3.05, 3.63) is 11.9 Å². The molecule has 1 saturated carbocycles. The first kappa shape index (κ1) is 14.4. The molecule has 4 nitrogen and oxygen atoms in total. The Bertz CT molecular complexity index is 377. The van der Waals surface area contributed by atoms with Crippen LogP contribution in [0.5, 0.6) is 0 Å². The third-order valence-corrected chi connectivity index (χ3v) is 4.22. The Hall–Kier alpha value is -1.03. The van der Waals surface area contributed by atoms with E-state index in [-0.39, 0.29) is 0 Å². The zero-order valence-corrected chi connectivity index (χ0v) is 12.7. The Morgan fingerprint density at radius 2 is 2.05 bits per heavy atom. The fourth-order valence-corrected chi connectivity index (χ4v) is 3.01. The largest absolute Gasteiger partial charge is 0.348 e. The van der Waals surface area contributed by atoms with Gasteiger partial charge in [-0.3, -0.25) is 0 Å². The first-order chi connectivity index (χ1) is 9.18. The van der Waals surface area contributed by atoms with Gasteiger partial charge in [-0.15, -0.1) is 0 Å². The molecule has 1 fully saturated rings. The maximum atomic E-state index is 4.43. The van der Waals surface area contributed by atoms with Crippen LogP contribution in [-0.2, 0) is 13.6 Å². The molecule has 1 N–H and O–H groups in total. The van der Waals surface area contributed by atoms with Crippen molar-refractivity contribution in [2.24, 2.45) is 13.0 Å². The topological polar surface area (TPSA) is 33.1 Å². The fourth-order valence-electron chi connectivity index (χ4n) is 3.01. The van der Waals surface area contributed by atoms with Gasteiger partial charge in [0.15, 0.2) is 0 Å². The minimum atomic E-state index is 0.921. The average Bonchev–Trinajstić information content (AvgIpc) is 2.77. The van der Waals surface area contributed by atoms with Crippen molar-refractivity contribution in [3.63, 3.8) is 0 Å². The quantitative estimate of drug-likeness (QED) is 0.802. The molecule has 0 spiro atoms. The van der Waals surface area contributed by atoms with Crippen LogP contribution in [0.15, 0.2) is 6.20 Å². The summed E-state index contributed by atoms with van der Waals surface area (Å²) in [5.41, 5.74) is 1.26. The van der Waals surface area contributed by atoms with Crippen LogP contribution in [0.3, 0.4) is 0 Å². The molecule has 1 aliphatic carbocycles. The smallest absolute Gasteiger partial charge is 0.204 e. The summed E-state index contributed by atoms with van der Waals surface area (Å²) in [6, 6.07) is 0. The molecule has 0 unspecified atom stereocenters. The molecular formula is C15H28N4. The van der Waals surface area contributed by atoms with Crippen molar-refractivity contribution < 1.29 is 0 Å². The van der Waals surface area contributed by atoms with E-state index in [0.29, 0.717) is 0 Å². The summed E-state index contributed by atoms with van der Waals surface area (Å²) >= 11 is 0. The van der Waals surface area contributed by atoms with Crippen molar-refractivity contribution in [2.75, 3.05) is 25.5 Å². The fraction of sp³-hybridized carbons (Fsp3) is 0.800. The number of nitrogens with one attached hydrogen (secondary N) is 1. The van der Waals surface area contributed by atoms with Crippen LogP contribution < -0.4 is 10.2 Å². The monoisotopic (exact) mass is 264 g/mol. The molecule has 0 saturated heterocycles. The van der Waals surface area contributed by atoms with Crippen LogP contribution in [0.1, 0.15) is 44.2 Å². The average molecular weight is 264 g/mol. The lowest BCUT2D eigenvalue weighted by Crippen LogP contribution is -2.21. The minimum Gasteiger partial charge on any atom is -0.348 e. The summed E-state index contributed by atoms with van der Waals surface area (Å²) in [6.07, 6.45) is 10.5. The molecule has 0 atom stereocenters. The highest BCUT2D eigenvalue weighted by atomic mass is 15.3. The van der Waals surface area contributed by atoms with E-state index in [4.69, 9.17) is 0 Å². The standard InChI is InChI=1S/C15H28N4/c1-18(2)15-17-12-14(19(15)3)11-16-10-9-13-7-5-4-6-8-13/h12-13,16H,4-11H2,1-3H3. The maximum Gasteiger partial charge on any atom is 0.204 e. The summed E-state index contributed by atoms with van der Waals surface area (Å²) in [7, 11) is 6.14. The second-order valence-electron chi connectivity index (χ2n) is 5.97. The predicted molar refractivity (Wildman–Crippen MR) is 80.4 cm³/mol. The molecule has 0 bridgehead atoms. The molecule has 1 aromatic rings. The van der Waals surface area contributed by atoms with E-state index in [1.54, 1.807) is 0 Å². The molecule has 19 heavy (non-hydrogen) atoms. The van der Waals surface area contributed by atoms with Gasteiger partial charge in [-0.05, 0) is 18.9 Å². The Kier molecular flexibility index (Phi) is 5.25. The zero-order valence-electron chi connectivity index (χ0n) is 12.7. The highest BCUT2D eigenvalue weighted by Gasteiger charge is 2.13. The number of hydrogen-bond acceptors (Lipinski definition) is 3. The van der Waals surface area contributed by atoms with E-state index < -0.39 is 0 Å². The van der Waals surface area contributed by atoms with Crippen LogP contribution in [-0.4, -0.2) is 30.2 Å². The Labute approximate surface area is 117 Å². The lowest BCUT2D eigenvalue weighted by molar-refractivity contribution is 0.333. The summed E-state index contributed by atoms with van der Waals surface area (Å²) in [4.78, 5) is 6.48. The SMILES string of the molecule is CN(C)c1ncc(CNCCC2CCCCC2)n1C. The molecule has 1 aromatic heterocycles. The van der Waals surface area contributed by atoms with Crippen LogP contribution in [0, 0.1) is 5.92 Å². The number of aromatic nitrogens is 2. The number of hydrogen-bond donors (Lipinski definition) is 1. The Balaban J connectivity index is 1.70. The van der Waals surface area contributed by atoms with Gasteiger partial charge in [0.05, 0.1) is 11.9 Å². The van der Waals surface area contributed by atoms with E-state index >= 15 is 0 Å². The Morgan fingerprint density at radius 1 is 1.32 bits per heavy atom. The van der Waals surface area contributed by atoms with Crippen LogP contribution in [0.2, 0.25) is 0 Å². The van der Waals surface area contributed by atoms with E-state index in [0.717, 1.165) is 25.0 Å². The molecule has 0 amide bonds. The lowest BCUT2D eigenvalue weighted by Gasteiger charge is -2.21. The molecular weight excluding hydrogens is 236 g/mol. The van der Waals surface area contributed by atoms with Gasteiger partial charge in [0.2, 0.25) is 5.95 Å². The molecule has 4 heteroatoms. The second kappa shape index (κ2) is 6.94. The lowest BCUT2D eigenvalue weighted by atomic mass is 9.87. The van der Waals surface area contributed by atoms with E-state index in [9.17, 15) is 0 Å². The molecule has 2 rings (SSSR count). The Morgan fingerprint density at radius 3 is 2.68 bits per heavy atom. The highest BCUT2D eigenvalue weighted by Crippen LogP contribution is 2.25. The summed E-state index contributed by atoms with van der Waals surface area (Å²) in [5, 5.41) is 3.56. The van der Waals surface area contributed by atoms with Crippen molar-refractivity contribution in [1.82, 2.24) is 14.9 Å². The molecule has 0 aliphatic heterocycles. The maximum absolute atomic E-state index is 4.43. The molecule has 1 heterocycles. The number of imidazole rings is 1. The van der Waals surface area contributed by atoms with E-state index in [2.05, 4.69) is 21.9 Å². The van der Waals surface area contributed by atoms with Crippen LogP contribution >= 0.6 is 0 Å². The van der Waals surface area contributed by atoms with Crippen LogP contribution in [0.4, 0.5) is 5.95 Å². The van der Waals surface area contributed by atoms with Crippen molar-refractivity contribution >= 4 is 5.95 Å². The van der Waals surface area contributed by atoms with Gasteiger partial charge in [-0.2, -0.15) is 0 Å². The van der Waals surface area contributed by atoms with E-state index in [1.165, 1.54) is 44.2 Å². The predicted octanol–water partition coefficient (Wildman–Crippen LogP) is 2.55. The van der Waals surface area contributed by atoms with Gasteiger partial charge in [0.1, 0.15) is 0 Å². The second-order valence-corrected chi connectivity index (χ2v) is 5.97. The van der Waals surface area contributed by atoms with Gasteiger partial charge in [-0.25, -0.2) is 4.98 Å². The number of rotatable bonds is 6. The highest BCUT2D eigenvalue weighted by molar-refractivity contribution is 5.30. The summed E-state index contributed by atoms with van der Waals surface area (Å²) in [6.45, 7) is 2.05. The number of nitrogens with zero attached hydrogens (tertiary/aromatic N) is 3. The van der Waals surface area contributed by atoms with Gasteiger partial charge in [0, 0.05) is 27.7 Å². The third-order valence-electron chi connectivity index (χ3n) is 4.22. The first-order valence-electron chi connectivity index (χ1n) is 7.57. The zero-order chi connectivity index (χ0) is 13.7. The van der Waals surface area contributed by atoms with Crippen LogP contribution in [0.25, 0.3) is 0 Å². The van der Waals surface area contributed by atoms with Crippen molar-refractivity contribution in [2.45, 2.75) is 45.1 Å². The molecule has 0 radical (unpaired) electrons. The van der Waals surface area contributed by atoms with Crippen molar-refractivity contribution in [1.29, 1.82) is 0 Å². The first-order valence-corrected chi connectivity index (χ1v) is 7.57. The van der Waals surface area contributed by atoms with Gasteiger partial charge >= 0.3 is 0 Å².